The Bertz CT molecular complexity index is 845. The van der Waals surface area contributed by atoms with Crippen LogP contribution in [-0.4, -0.2) is 92.0 Å². The van der Waals surface area contributed by atoms with E-state index in [2.05, 4.69) is 20.6 Å². The van der Waals surface area contributed by atoms with Crippen LogP contribution in [0.1, 0.15) is 25.0 Å². The van der Waals surface area contributed by atoms with Crippen molar-refractivity contribution in [2.45, 2.75) is 49.9 Å². The van der Waals surface area contributed by atoms with Crippen LogP contribution in [-0.2, 0) is 30.4 Å². The molecule has 2 rings (SSSR count). The van der Waals surface area contributed by atoms with Crippen molar-refractivity contribution in [3.8, 4) is 0 Å². The molecule has 14 nitrogen and oxygen atoms in total. The third-order valence-electron chi connectivity index (χ3n) is 4.99. The van der Waals surface area contributed by atoms with Crippen LogP contribution in [0.3, 0.4) is 0 Å². The molecule has 1 fully saturated rings. The third kappa shape index (κ3) is 6.49. The Morgan fingerprint density at radius 1 is 1.22 bits per heavy atom. The molecule has 32 heavy (non-hydrogen) atoms. The van der Waals surface area contributed by atoms with E-state index >= 15 is 0 Å². The van der Waals surface area contributed by atoms with E-state index in [9.17, 15) is 34.2 Å². The summed E-state index contributed by atoms with van der Waals surface area (Å²) >= 11 is 0. The summed E-state index contributed by atoms with van der Waals surface area (Å²) < 4.78 is 0. The minimum atomic E-state index is -1.46. The van der Waals surface area contributed by atoms with Gasteiger partial charge in [-0.3, -0.25) is 19.2 Å². The summed E-state index contributed by atoms with van der Waals surface area (Å²) in [6.07, 6.45) is 3.10. The van der Waals surface area contributed by atoms with Crippen LogP contribution in [0.15, 0.2) is 12.5 Å². The molecule has 1 aromatic heterocycles. The van der Waals surface area contributed by atoms with E-state index < -0.39 is 66.8 Å². The molecule has 4 amide bonds. The zero-order chi connectivity index (χ0) is 23.8. The van der Waals surface area contributed by atoms with Crippen molar-refractivity contribution in [2.24, 2.45) is 11.5 Å². The van der Waals surface area contributed by atoms with Crippen molar-refractivity contribution < 1.29 is 34.2 Å². The van der Waals surface area contributed by atoms with Gasteiger partial charge < -0.3 is 42.2 Å². The Morgan fingerprint density at radius 3 is 2.47 bits per heavy atom. The lowest BCUT2D eigenvalue weighted by Crippen LogP contribution is -2.58. The number of carboxylic acids is 1. The van der Waals surface area contributed by atoms with Gasteiger partial charge in [-0.2, -0.15) is 0 Å². The van der Waals surface area contributed by atoms with E-state index in [0.29, 0.717) is 12.1 Å². The van der Waals surface area contributed by atoms with Gasteiger partial charge in [-0.15, -0.1) is 0 Å². The molecule has 0 bridgehead atoms. The summed E-state index contributed by atoms with van der Waals surface area (Å²) in [4.78, 5) is 68.1. The number of aliphatic hydroxyl groups excluding tert-OH is 1. The van der Waals surface area contributed by atoms with Crippen LogP contribution < -0.4 is 22.1 Å². The van der Waals surface area contributed by atoms with Crippen molar-refractivity contribution in [3.63, 3.8) is 0 Å². The normalized spacial score (nSPS) is 18.4. The van der Waals surface area contributed by atoms with E-state index in [-0.39, 0.29) is 19.4 Å². The Morgan fingerprint density at radius 2 is 1.91 bits per heavy atom. The highest BCUT2D eigenvalue weighted by Crippen LogP contribution is 2.18. The predicted molar refractivity (Wildman–Crippen MR) is 107 cm³/mol. The van der Waals surface area contributed by atoms with Crippen LogP contribution in [0.4, 0.5) is 0 Å². The van der Waals surface area contributed by atoms with Crippen molar-refractivity contribution >= 4 is 29.6 Å². The van der Waals surface area contributed by atoms with Gasteiger partial charge in [0.15, 0.2) is 0 Å². The van der Waals surface area contributed by atoms with Crippen LogP contribution in [0, 0.1) is 0 Å². The second kappa shape index (κ2) is 11.2. The number of carbonyl (C=O) groups excluding carboxylic acids is 4. The highest BCUT2D eigenvalue weighted by molar-refractivity contribution is 5.96. The number of aliphatic hydroxyl groups is 1. The number of rotatable bonds is 11. The molecule has 14 heteroatoms. The third-order valence-corrected chi connectivity index (χ3v) is 4.99. The van der Waals surface area contributed by atoms with E-state index in [0.717, 1.165) is 4.90 Å². The molecular formula is C18H27N7O7. The predicted octanol–water partition coefficient (Wildman–Crippen LogP) is -3.81. The van der Waals surface area contributed by atoms with Crippen molar-refractivity contribution in [3.05, 3.63) is 18.2 Å². The number of nitrogens with one attached hydrogen (secondary N) is 3. The van der Waals surface area contributed by atoms with Gasteiger partial charge in [0.2, 0.25) is 23.6 Å². The largest absolute Gasteiger partial charge is 0.480 e. The van der Waals surface area contributed by atoms with Crippen molar-refractivity contribution in [1.29, 1.82) is 0 Å². The van der Waals surface area contributed by atoms with E-state index in [4.69, 9.17) is 11.5 Å². The number of carbonyl (C=O) groups is 5. The fraction of sp³-hybridized carbons (Fsp3) is 0.556. The number of primary amides is 1. The lowest BCUT2D eigenvalue weighted by atomic mass is 10.1. The summed E-state index contributed by atoms with van der Waals surface area (Å²) in [6, 6.07) is -5.05. The van der Waals surface area contributed by atoms with Gasteiger partial charge in [0, 0.05) is 24.9 Å². The average molecular weight is 453 g/mol. The van der Waals surface area contributed by atoms with Gasteiger partial charge in [-0.25, -0.2) is 9.78 Å². The number of imidazole rings is 1. The molecule has 9 N–H and O–H groups in total. The molecule has 1 aromatic rings. The molecule has 1 aliphatic rings. The average Bonchev–Trinajstić information content (AvgIpc) is 3.42. The second-order valence-corrected chi connectivity index (χ2v) is 7.39. The lowest BCUT2D eigenvalue weighted by molar-refractivity contribution is -0.150. The number of aromatic amines is 1. The topological polar surface area (TPSA) is 234 Å². The second-order valence-electron chi connectivity index (χ2n) is 7.39. The summed E-state index contributed by atoms with van der Waals surface area (Å²) in [6.45, 7) is -0.657. The van der Waals surface area contributed by atoms with E-state index in [1.807, 2.05) is 0 Å². The van der Waals surface area contributed by atoms with Crippen molar-refractivity contribution in [2.75, 3.05) is 13.2 Å². The standard InChI is InChI=1S/C18H27N7O7/c19-10(4-9-6-21-8-22-9)15(28)23-11(5-14(20)27)16(29)24-12(7-26)17(30)25-3-1-2-13(25)18(31)32/h6,8,10-13,26H,1-5,7,19H2,(H2,20,27)(H,21,22)(H,23,28)(H,24,29)(H,31,32). The molecule has 4 unspecified atom stereocenters. The number of carboxylic acid groups (broad SMARTS) is 1. The molecule has 0 aliphatic carbocycles. The maximum absolute atomic E-state index is 12.7. The molecule has 1 saturated heterocycles. The highest BCUT2D eigenvalue weighted by Gasteiger charge is 2.38. The van der Waals surface area contributed by atoms with Gasteiger partial charge in [0.1, 0.15) is 18.1 Å². The van der Waals surface area contributed by atoms with Crippen LogP contribution in [0.5, 0.6) is 0 Å². The summed E-state index contributed by atoms with van der Waals surface area (Å²) in [5.41, 5.74) is 11.6. The molecule has 1 aliphatic heterocycles. The zero-order valence-corrected chi connectivity index (χ0v) is 17.2. The Balaban J connectivity index is 2.05. The highest BCUT2D eigenvalue weighted by atomic mass is 16.4. The first-order chi connectivity index (χ1) is 15.1. The first-order valence-electron chi connectivity index (χ1n) is 9.90. The zero-order valence-electron chi connectivity index (χ0n) is 17.2. The Hall–Kier alpha value is -3.52. The molecule has 0 aromatic carbocycles. The molecule has 0 radical (unpaired) electrons. The lowest BCUT2D eigenvalue weighted by Gasteiger charge is -2.27. The monoisotopic (exact) mass is 453 g/mol. The maximum atomic E-state index is 12.7. The number of nitrogens with two attached hydrogens (primary N) is 2. The molecule has 0 saturated carbocycles. The first-order valence-corrected chi connectivity index (χ1v) is 9.90. The van der Waals surface area contributed by atoms with E-state index in [1.165, 1.54) is 12.5 Å². The number of nitrogens with zero attached hydrogens (tertiary/aromatic N) is 2. The number of hydrogen-bond donors (Lipinski definition) is 7. The first kappa shape index (κ1) is 24.7. The number of amides is 4. The maximum Gasteiger partial charge on any atom is 0.326 e. The fourth-order valence-electron chi connectivity index (χ4n) is 3.36. The quantitative estimate of drug-likeness (QED) is 0.174. The number of aromatic nitrogens is 2. The van der Waals surface area contributed by atoms with Gasteiger partial charge in [0.25, 0.3) is 0 Å². The Labute approximate surface area is 182 Å². The fourth-order valence-corrected chi connectivity index (χ4v) is 3.36. The molecular weight excluding hydrogens is 426 g/mol. The SMILES string of the molecule is NC(=O)CC(NC(=O)C(N)Cc1cnc[nH]1)C(=O)NC(CO)C(=O)N1CCCC1C(=O)O. The molecule has 176 valence electrons. The van der Waals surface area contributed by atoms with Gasteiger partial charge in [0.05, 0.1) is 25.4 Å². The number of H-pyrrole nitrogens is 1. The van der Waals surface area contributed by atoms with Crippen LogP contribution >= 0.6 is 0 Å². The van der Waals surface area contributed by atoms with Crippen molar-refractivity contribution in [1.82, 2.24) is 25.5 Å². The smallest absolute Gasteiger partial charge is 0.326 e. The summed E-state index contributed by atoms with van der Waals surface area (Å²) in [5.74, 6) is -4.58. The van der Waals surface area contributed by atoms with Crippen LogP contribution in [0.2, 0.25) is 0 Å². The molecule has 0 spiro atoms. The Kier molecular flexibility index (Phi) is 8.66. The summed E-state index contributed by atoms with van der Waals surface area (Å²) in [7, 11) is 0. The van der Waals surface area contributed by atoms with Gasteiger partial charge in [-0.05, 0) is 12.8 Å². The minimum Gasteiger partial charge on any atom is -0.480 e. The summed E-state index contributed by atoms with van der Waals surface area (Å²) in [5, 5.41) is 23.4. The van der Waals surface area contributed by atoms with Gasteiger partial charge in [-0.1, -0.05) is 0 Å². The molecule has 2 heterocycles. The number of aliphatic carboxylic acids is 1. The van der Waals surface area contributed by atoms with Crippen LogP contribution in [0.25, 0.3) is 0 Å². The number of hydrogen-bond acceptors (Lipinski definition) is 8. The molecule has 4 atom stereocenters. The van der Waals surface area contributed by atoms with E-state index in [1.54, 1.807) is 0 Å². The van der Waals surface area contributed by atoms with Gasteiger partial charge >= 0.3 is 5.97 Å². The minimum absolute atomic E-state index is 0.0834. The number of likely N-dealkylation sites (tertiary alicyclic amines) is 1.